The number of carboxylic acids is 4. The predicted octanol–water partition coefficient (Wildman–Crippen LogP) is -5.05. The van der Waals surface area contributed by atoms with E-state index in [1.807, 2.05) is 6.92 Å². The van der Waals surface area contributed by atoms with Crippen LogP contribution >= 0.6 is 53.9 Å². The van der Waals surface area contributed by atoms with Gasteiger partial charge in [-0.15, -0.1) is 18.5 Å². The summed E-state index contributed by atoms with van der Waals surface area (Å²) in [5.41, 5.74) is 0. The van der Waals surface area contributed by atoms with Crippen LogP contribution in [-0.2, 0) is 28.8 Å². The number of carbonyl (C=O) groups is 6. The number of likely N-dealkylation sites (N-methyl/N-ethyl adjacent to an activating group) is 3. The molecule has 0 aromatic heterocycles. The summed E-state index contributed by atoms with van der Waals surface area (Å²) in [6.07, 6.45) is 0.982. The van der Waals surface area contributed by atoms with Crippen molar-refractivity contribution in [2.24, 2.45) is 0 Å². The van der Waals surface area contributed by atoms with Crippen molar-refractivity contribution in [3.8, 4) is 0 Å². The molecule has 0 rings (SSSR count). The standard InChI is InChI=1S/C7H14N2O5.C4H10NO2P.C4H8O2.C3H8N2O.C3H8NO2P.CH2I2.CO2.CH4.6H2O/c1-8(3-5(10)11)7(14)9(2)4-6(12)13;1-5(3-8)2-4(6)7;1-2-3-4(5)6;1-4-3(6)5-2;5-3(6)1-4-2-7;1-3-2;2-1-3;;;;;;;/h5,10-11H,3-4H2,1-2H3,(H,12,13);2-3,8H2,1H3,(H,6,7);2-3H2,1H3,(H,5,6);1-2H3,(H2,4,5,6);4H,1-2,7H2,(H,5,6);1H2;;1H4;6*1H2. The van der Waals surface area contributed by atoms with E-state index in [9.17, 15) is 28.8 Å². The summed E-state index contributed by atoms with van der Waals surface area (Å²) in [6.45, 7) is 1.31. The van der Waals surface area contributed by atoms with Crippen LogP contribution in [0.3, 0.4) is 0 Å². The summed E-state index contributed by atoms with van der Waals surface area (Å²) >= 11 is 2.60. The Labute approximate surface area is 338 Å². The lowest BCUT2D eigenvalue weighted by atomic mass is 10.4. The Morgan fingerprint density at radius 3 is 1.26 bits per heavy atom. The maximum Gasteiger partial charge on any atom is 0.373 e. The van der Waals surface area contributed by atoms with Crippen LogP contribution in [0.2, 0.25) is 0 Å². The van der Waals surface area contributed by atoms with Crippen LogP contribution in [0.5, 0.6) is 0 Å². The lowest BCUT2D eigenvalue weighted by molar-refractivity contribution is -0.191. The van der Waals surface area contributed by atoms with Crippen LogP contribution in [-0.4, -0.2) is 205 Å². The number of amides is 4. The number of aliphatic hydroxyl groups is 2. The van der Waals surface area contributed by atoms with Gasteiger partial charge in [-0.1, -0.05) is 35.6 Å². The maximum atomic E-state index is 11.3. The SMILES string of the molecule is C.C=II.CCCC(=O)O.CN(CC(=O)O)C(=O)N(C)CC(O)O.CN(CP)CC(=O)O.CNC(=O)NC.O.O.O.O.O.O.O=C(O)CNCP.O=C=O. The van der Waals surface area contributed by atoms with Gasteiger partial charge in [-0.25, -0.2) is 9.59 Å². The lowest BCUT2D eigenvalue weighted by Crippen LogP contribution is -2.44. The number of aliphatic hydroxyl groups excluding tert-OH is 1. The van der Waals surface area contributed by atoms with E-state index in [0.29, 0.717) is 35.7 Å². The van der Waals surface area contributed by atoms with Crippen molar-refractivity contribution in [2.75, 3.05) is 74.0 Å². The van der Waals surface area contributed by atoms with E-state index < -0.39 is 42.7 Å². The molecule has 0 saturated carbocycles. The third-order valence-electron chi connectivity index (χ3n) is 3.52. The first-order chi connectivity index (χ1) is 21.7. The van der Waals surface area contributed by atoms with E-state index in [4.69, 9.17) is 40.2 Å². The molecule has 2 atom stereocenters. The molecule has 336 valence electrons. The van der Waals surface area contributed by atoms with Crippen LogP contribution in [0.4, 0.5) is 9.59 Å². The van der Waals surface area contributed by atoms with Gasteiger partial charge in [0.15, 0.2) is 6.29 Å². The molecule has 0 heterocycles. The number of hydrogen-bond acceptors (Lipinski definition) is 12. The van der Waals surface area contributed by atoms with E-state index in [1.165, 1.54) is 14.1 Å². The van der Waals surface area contributed by atoms with E-state index in [1.54, 1.807) is 26.0 Å². The molecule has 0 aromatic rings. The zero-order valence-electron chi connectivity index (χ0n) is 30.1. The number of nitrogens with one attached hydrogen (secondary N) is 3. The van der Waals surface area contributed by atoms with Crippen molar-refractivity contribution in [3.63, 3.8) is 0 Å². The second-order valence-electron chi connectivity index (χ2n) is 7.67. The average Bonchev–Trinajstić information content (AvgIpc) is 2.96. The Hall–Kier alpha value is -2.41. The fourth-order valence-electron chi connectivity index (χ4n) is 1.70. The topological polar surface area (TPSA) is 493 Å². The van der Waals surface area contributed by atoms with Gasteiger partial charge in [0.25, 0.3) is 0 Å². The van der Waals surface area contributed by atoms with Crippen molar-refractivity contribution >= 4 is 100 Å². The molecule has 0 radical (unpaired) electrons. The van der Waals surface area contributed by atoms with Crippen molar-refractivity contribution in [1.29, 1.82) is 0 Å². The van der Waals surface area contributed by atoms with Crippen LogP contribution in [0, 0.1) is 0 Å². The molecule has 2 unspecified atom stereocenters. The summed E-state index contributed by atoms with van der Waals surface area (Å²) in [7, 11) is 12.4. The number of halogens is 2. The molecule has 21 N–H and O–H groups in total. The minimum absolute atomic E-state index is 0. The highest BCUT2D eigenvalue weighted by molar-refractivity contribution is 15.0. The first kappa shape index (κ1) is 93.4. The van der Waals surface area contributed by atoms with Gasteiger partial charge in [0, 0.05) is 47.2 Å². The van der Waals surface area contributed by atoms with Gasteiger partial charge in [-0.2, -0.15) is 9.59 Å². The normalized spacial score (nSPS) is 7.35. The number of hydrogen-bond donors (Lipinski definition) is 9. The number of carbonyl (C=O) groups excluding carboxylic acids is 4. The molecule has 0 fully saturated rings. The zero-order valence-corrected chi connectivity index (χ0v) is 36.8. The van der Waals surface area contributed by atoms with Gasteiger partial charge < -0.3 is 89.2 Å². The van der Waals surface area contributed by atoms with Gasteiger partial charge in [-0.3, -0.25) is 24.1 Å². The average molecular weight is 1070 g/mol. The smallest absolute Gasteiger partial charge is 0.373 e. The summed E-state index contributed by atoms with van der Waals surface area (Å²) in [5, 5.41) is 56.9. The minimum Gasteiger partial charge on any atom is -0.481 e. The molecule has 0 aliphatic carbocycles. The molecule has 54 heavy (non-hydrogen) atoms. The Morgan fingerprint density at radius 2 is 1.13 bits per heavy atom. The van der Waals surface area contributed by atoms with Crippen LogP contribution in [0.1, 0.15) is 27.2 Å². The first-order valence-corrected chi connectivity index (χ1v) is 22.0. The second kappa shape index (κ2) is 75.5. The predicted molar refractivity (Wildman–Crippen MR) is 226 cm³/mol. The lowest BCUT2D eigenvalue weighted by Gasteiger charge is -2.23. The number of nitrogens with zero attached hydrogens (tertiary/aromatic N) is 3. The van der Waals surface area contributed by atoms with Gasteiger partial charge in [0.1, 0.15) is 6.54 Å². The van der Waals surface area contributed by atoms with Crippen molar-refractivity contribution in [3.05, 3.63) is 0 Å². The molecule has 30 heteroatoms. The number of rotatable bonds is 12. The first-order valence-electron chi connectivity index (χ1n) is 12.6. The third-order valence-corrected chi connectivity index (χ3v) is 4.43. The molecule has 26 nitrogen and oxygen atoms in total. The van der Waals surface area contributed by atoms with E-state index in [2.05, 4.69) is 57.6 Å². The van der Waals surface area contributed by atoms with Crippen LogP contribution in [0.15, 0.2) is 0 Å². The van der Waals surface area contributed by atoms with Crippen molar-refractivity contribution < 1.29 is 102 Å². The monoisotopic (exact) mass is 1070 g/mol. The highest BCUT2D eigenvalue weighted by Gasteiger charge is 2.17. The number of aliphatic carboxylic acids is 4. The summed E-state index contributed by atoms with van der Waals surface area (Å²) < 4.78 is 3.58. The van der Waals surface area contributed by atoms with Crippen molar-refractivity contribution in [1.82, 2.24) is 30.7 Å². The maximum absolute atomic E-state index is 11.3. The van der Waals surface area contributed by atoms with Crippen LogP contribution < -0.4 is 16.0 Å². The molecule has 0 aromatic carbocycles. The molecule has 0 aliphatic heterocycles. The third kappa shape index (κ3) is 125. The molecular weight excluding hydrogens is 1010 g/mol. The van der Waals surface area contributed by atoms with E-state index in [0.717, 1.165) is 16.2 Å². The molecule has 0 spiro atoms. The highest BCUT2D eigenvalue weighted by atomic mass is 128. The molecule has 0 bridgehead atoms. The fraction of sp³-hybridized carbons (Fsp3) is 0.667. The summed E-state index contributed by atoms with van der Waals surface area (Å²) in [5.74, 6) is -3.44. The Bertz CT molecular complexity index is 879. The van der Waals surface area contributed by atoms with E-state index >= 15 is 0 Å². The largest absolute Gasteiger partial charge is 0.481 e. The van der Waals surface area contributed by atoms with Gasteiger partial charge in [-0.05, 0) is 32.1 Å². The Kier molecular flexibility index (Phi) is 131. The molecule has 4 amide bonds. The second-order valence-corrected chi connectivity index (χ2v) is 12.9. The molecule has 0 saturated heterocycles. The van der Waals surface area contributed by atoms with Crippen LogP contribution in [0.25, 0.3) is 0 Å². The van der Waals surface area contributed by atoms with Gasteiger partial charge in [0.2, 0.25) is 0 Å². The minimum atomic E-state index is -1.62. The Morgan fingerprint density at radius 1 is 0.778 bits per heavy atom. The van der Waals surface area contributed by atoms with Gasteiger partial charge >= 0.3 is 42.1 Å². The number of urea groups is 2. The fourth-order valence-corrected chi connectivity index (χ4v) is 1.97. The van der Waals surface area contributed by atoms with Gasteiger partial charge in [0.05, 0.1) is 19.6 Å². The summed E-state index contributed by atoms with van der Waals surface area (Å²) in [4.78, 5) is 80.6. The van der Waals surface area contributed by atoms with E-state index in [-0.39, 0.29) is 72.1 Å². The number of carboxylic acid groups (broad SMARTS) is 4. The van der Waals surface area contributed by atoms with Crippen molar-refractivity contribution in [2.45, 2.75) is 33.5 Å². The zero-order chi connectivity index (χ0) is 39.0. The highest BCUT2D eigenvalue weighted by Crippen LogP contribution is 2.00. The Balaban J connectivity index is -0.0000000297. The quantitative estimate of drug-likeness (QED) is 0.0502. The molecular formula is C24H66I2N6O20P2. The molecule has 0 aliphatic rings. The summed E-state index contributed by atoms with van der Waals surface area (Å²) in [6, 6.07) is -0.740.